The number of rotatable bonds is 20. The van der Waals surface area contributed by atoms with E-state index >= 15 is 0 Å². The Balaban J connectivity index is 1.89. The molecule has 5 N–H and O–H groups in total. The number of amides is 2. The van der Waals surface area contributed by atoms with Gasteiger partial charge in [0, 0.05) is 51.7 Å². The number of para-hydroxylation sites is 1. The Bertz CT molecular complexity index is 940. The zero-order valence-corrected chi connectivity index (χ0v) is 27.3. The van der Waals surface area contributed by atoms with Crippen LogP contribution in [0.3, 0.4) is 0 Å². The minimum Gasteiger partial charge on any atom is -0.464 e. The van der Waals surface area contributed by atoms with Crippen molar-refractivity contribution in [2.75, 3.05) is 53.0 Å². The van der Waals surface area contributed by atoms with Crippen molar-refractivity contribution in [3.05, 3.63) is 29.8 Å². The molecule has 0 radical (unpaired) electrons. The lowest BCUT2D eigenvalue weighted by atomic mass is 9.83. The highest BCUT2D eigenvalue weighted by molar-refractivity contribution is 5.96. The minimum atomic E-state index is -0.831. The Morgan fingerprint density at radius 1 is 1.07 bits per heavy atom. The predicted octanol–water partition coefficient (Wildman–Crippen LogP) is 3.42. The molecule has 0 spiro atoms. The van der Waals surface area contributed by atoms with Gasteiger partial charge in [0.1, 0.15) is 5.75 Å². The number of hydrogen-bond donors (Lipinski definition) is 4. The Morgan fingerprint density at radius 3 is 2.40 bits per heavy atom. The number of carbonyl (C=O) groups excluding carboxylic acids is 2. The molecule has 10 heteroatoms. The van der Waals surface area contributed by atoms with E-state index in [0.29, 0.717) is 37.2 Å². The highest BCUT2D eigenvalue weighted by Gasteiger charge is 2.30. The van der Waals surface area contributed by atoms with Gasteiger partial charge >= 0.3 is 0 Å². The Kier molecular flexibility index (Phi) is 17.1. The van der Waals surface area contributed by atoms with Crippen LogP contribution in [0.2, 0.25) is 0 Å². The Morgan fingerprint density at radius 2 is 1.77 bits per heavy atom. The molecule has 246 valence electrons. The summed E-state index contributed by atoms with van der Waals surface area (Å²) in [4.78, 5) is 28.5. The fraction of sp³-hybridized carbons (Fsp3) is 0.758. The largest absolute Gasteiger partial charge is 0.464 e. The van der Waals surface area contributed by atoms with Crippen molar-refractivity contribution in [1.29, 1.82) is 0 Å². The van der Waals surface area contributed by atoms with Crippen molar-refractivity contribution < 1.29 is 28.9 Å². The van der Waals surface area contributed by atoms with Crippen molar-refractivity contribution in [3.8, 4) is 5.75 Å². The van der Waals surface area contributed by atoms with E-state index in [9.17, 15) is 14.7 Å². The number of nitrogens with one attached hydrogen (secondary N) is 2. The van der Waals surface area contributed by atoms with E-state index in [4.69, 9.17) is 19.9 Å². The van der Waals surface area contributed by atoms with E-state index in [1.54, 1.807) is 25.3 Å². The Labute approximate surface area is 259 Å². The fourth-order valence-electron chi connectivity index (χ4n) is 5.36. The molecule has 1 heterocycles. The molecular formula is C33H58N4O6. The topological polar surface area (TPSA) is 135 Å². The number of methoxy groups -OCH3 is 1. The standard InChI is InChI=1S/C33H58N4O6/c1-7-11-31(41-6)43-30-13-9-8-12-26(30)32(39)36-22-25(23(2)3)20-28(34)29(38)21-27(24(4)5)33(40)35-14-10-15-37-16-18-42-19-17-37/h8-9,12-13,23-25,27-29,31,38H,7,10-11,14-22,34H2,1-6H3,(H,35,40)(H,36,39). The third kappa shape index (κ3) is 13.1. The number of nitrogens with two attached hydrogens (primary N) is 1. The number of hydrogen-bond acceptors (Lipinski definition) is 8. The molecule has 1 saturated heterocycles. The maximum absolute atomic E-state index is 13.2. The van der Waals surface area contributed by atoms with Crippen LogP contribution >= 0.6 is 0 Å². The summed E-state index contributed by atoms with van der Waals surface area (Å²) >= 11 is 0. The van der Waals surface area contributed by atoms with Gasteiger partial charge in [0.2, 0.25) is 5.91 Å². The molecule has 1 aromatic rings. The van der Waals surface area contributed by atoms with Crippen LogP contribution in [0.1, 0.15) is 77.1 Å². The van der Waals surface area contributed by atoms with Gasteiger partial charge in [-0.25, -0.2) is 0 Å². The number of benzene rings is 1. The molecule has 0 aliphatic carbocycles. The molecule has 1 aliphatic heterocycles. The lowest BCUT2D eigenvalue weighted by Crippen LogP contribution is -2.44. The van der Waals surface area contributed by atoms with E-state index in [2.05, 4.69) is 29.4 Å². The van der Waals surface area contributed by atoms with Crippen molar-refractivity contribution in [3.63, 3.8) is 0 Å². The van der Waals surface area contributed by atoms with Crippen molar-refractivity contribution in [1.82, 2.24) is 15.5 Å². The molecule has 0 bridgehead atoms. The first kappa shape index (κ1) is 36.9. The van der Waals surface area contributed by atoms with Crippen LogP contribution in [0.15, 0.2) is 24.3 Å². The van der Waals surface area contributed by atoms with Gasteiger partial charge in [-0.3, -0.25) is 14.5 Å². The van der Waals surface area contributed by atoms with Crippen LogP contribution < -0.4 is 21.1 Å². The molecule has 1 aliphatic rings. The fourth-order valence-corrected chi connectivity index (χ4v) is 5.36. The predicted molar refractivity (Wildman–Crippen MR) is 170 cm³/mol. The molecule has 10 nitrogen and oxygen atoms in total. The minimum absolute atomic E-state index is 0.0357. The lowest BCUT2D eigenvalue weighted by Gasteiger charge is -2.30. The van der Waals surface area contributed by atoms with Gasteiger partial charge in [-0.2, -0.15) is 0 Å². The Hall–Kier alpha value is -2.24. The SMILES string of the molecule is CCCC(OC)Oc1ccccc1C(=O)NCC(CC(N)C(O)CC(C(=O)NCCCN1CCOCC1)C(C)C)C(C)C. The summed E-state index contributed by atoms with van der Waals surface area (Å²) < 4.78 is 16.8. The smallest absolute Gasteiger partial charge is 0.255 e. The van der Waals surface area contributed by atoms with E-state index in [1.807, 2.05) is 26.8 Å². The van der Waals surface area contributed by atoms with Gasteiger partial charge in [0.15, 0.2) is 6.29 Å². The molecule has 2 rings (SSSR count). The average Bonchev–Trinajstić information content (AvgIpc) is 2.99. The summed E-state index contributed by atoms with van der Waals surface area (Å²) in [5.74, 6) is 0.217. The van der Waals surface area contributed by atoms with Crippen LogP contribution in [0.5, 0.6) is 5.75 Å². The molecule has 5 atom stereocenters. The summed E-state index contributed by atoms with van der Waals surface area (Å²) in [5, 5.41) is 17.2. The summed E-state index contributed by atoms with van der Waals surface area (Å²) in [5.41, 5.74) is 6.95. The van der Waals surface area contributed by atoms with E-state index in [0.717, 1.165) is 52.1 Å². The van der Waals surface area contributed by atoms with Crippen molar-refractivity contribution >= 4 is 11.8 Å². The summed E-state index contributed by atoms with van der Waals surface area (Å²) in [6.07, 6.45) is 2.06. The molecule has 43 heavy (non-hydrogen) atoms. The zero-order valence-electron chi connectivity index (χ0n) is 27.3. The zero-order chi connectivity index (χ0) is 31.8. The summed E-state index contributed by atoms with van der Waals surface area (Å²) in [7, 11) is 1.59. The van der Waals surface area contributed by atoms with E-state index < -0.39 is 18.4 Å². The number of nitrogens with zero attached hydrogens (tertiary/aromatic N) is 1. The molecule has 0 saturated carbocycles. The second kappa shape index (κ2) is 19.9. The van der Waals surface area contributed by atoms with E-state index in [-0.39, 0.29) is 35.5 Å². The van der Waals surface area contributed by atoms with Crippen LogP contribution in [-0.4, -0.2) is 93.3 Å². The third-order valence-electron chi connectivity index (χ3n) is 8.41. The molecule has 1 aromatic carbocycles. The number of aliphatic hydroxyl groups is 1. The first-order valence-electron chi connectivity index (χ1n) is 16.1. The maximum atomic E-state index is 13.2. The normalized spacial score (nSPS) is 17.7. The van der Waals surface area contributed by atoms with Gasteiger partial charge in [-0.1, -0.05) is 53.2 Å². The molecule has 5 unspecified atom stereocenters. The van der Waals surface area contributed by atoms with Crippen LogP contribution in [-0.2, 0) is 14.3 Å². The van der Waals surface area contributed by atoms with Crippen LogP contribution in [0.25, 0.3) is 0 Å². The van der Waals surface area contributed by atoms with Gasteiger partial charge in [0.05, 0.1) is 24.9 Å². The van der Waals surface area contributed by atoms with Crippen molar-refractivity contribution in [2.24, 2.45) is 29.4 Å². The first-order valence-corrected chi connectivity index (χ1v) is 16.1. The van der Waals surface area contributed by atoms with Crippen molar-refractivity contribution in [2.45, 2.75) is 85.2 Å². The van der Waals surface area contributed by atoms with Gasteiger partial charge in [-0.15, -0.1) is 0 Å². The lowest BCUT2D eigenvalue weighted by molar-refractivity contribution is -0.127. The van der Waals surface area contributed by atoms with E-state index in [1.165, 1.54) is 0 Å². The first-order chi connectivity index (χ1) is 20.6. The molecule has 1 fully saturated rings. The van der Waals surface area contributed by atoms with Gasteiger partial charge < -0.3 is 35.7 Å². The highest BCUT2D eigenvalue weighted by atomic mass is 16.7. The monoisotopic (exact) mass is 606 g/mol. The molecule has 0 aromatic heterocycles. The van der Waals surface area contributed by atoms with Gasteiger partial charge in [-0.05, 0) is 55.7 Å². The number of morpholine rings is 1. The number of ether oxygens (including phenoxy) is 3. The molecule has 2 amide bonds. The second-order valence-electron chi connectivity index (χ2n) is 12.4. The number of aliphatic hydroxyl groups excluding tert-OH is 1. The average molecular weight is 607 g/mol. The van der Waals surface area contributed by atoms with Gasteiger partial charge in [0.25, 0.3) is 5.91 Å². The quantitative estimate of drug-likeness (QED) is 0.131. The van der Waals surface area contributed by atoms with Crippen LogP contribution in [0, 0.1) is 23.7 Å². The molecular weight excluding hydrogens is 548 g/mol. The maximum Gasteiger partial charge on any atom is 0.255 e. The highest BCUT2D eigenvalue weighted by Crippen LogP contribution is 2.24. The summed E-state index contributed by atoms with van der Waals surface area (Å²) in [6.45, 7) is 15.6. The third-order valence-corrected chi connectivity index (χ3v) is 8.41. The second-order valence-corrected chi connectivity index (χ2v) is 12.4. The van der Waals surface area contributed by atoms with Crippen LogP contribution in [0.4, 0.5) is 0 Å². The number of carbonyl (C=O) groups is 2. The summed E-state index contributed by atoms with van der Waals surface area (Å²) in [6, 6.07) is 6.63.